The third-order valence-corrected chi connectivity index (χ3v) is 9.62. The zero-order valence-electron chi connectivity index (χ0n) is 29.4. The summed E-state index contributed by atoms with van der Waals surface area (Å²) >= 11 is 0. The number of allylic oxidation sites excluding steroid dienone is 1. The Kier molecular flexibility index (Phi) is 10.1. The second-order valence-electron chi connectivity index (χ2n) is 13.5. The number of phenols is 1. The number of aliphatic hydroxyl groups excluding tert-OH is 3. The van der Waals surface area contributed by atoms with Crippen LogP contribution in [0, 0.1) is 13.8 Å². The lowest BCUT2D eigenvalue weighted by Crippen LogP contribution is -3.09. The van der Waals surface area contributed by atoms with Crippen molar-refractivity contribution in [2.24, 2.45) is 4.99 Å². The van der Waals surface area contributed by atoms with Crippen molar-refractivity contribution in [3.05, 3.63) is 111 Å². The van der Waals surface area contributed by atoms with E-state index in [1.165, 1.54) is 36.6 Å². The van der Waals surface area contributed by atoms with Crippen molar-refractivity contribution in [2.45, 2.75) is 50.2 Å². The minimum absolute atomic E-state index is 0.0275. The molecule has 3 aliphatic heterocycles. The van der Waals surface area contributed by atoms with Gasteiger partial charge in [0.05, 0.1) is 17.6 Å². The Labute approximate surface area is 312 Å². The fourth-order valence-electron chi connectivity index (χ4n) is 6.90. The Hall–Kier alpha value is -5.72. The van der Waals surface area contributed by atoms with Crippen LogP contribution in [0.15, 0.2) is 98.5 Å². The van der Waals surface area contributed by atoms with Crippen molar-refractivity contribution in [2.75, 3.05) is 19.8 Å². The smallest absolute Gasteiger partial charge is 0.346 e. The highest BCUT2D eigenvalue weighted by Crippen LogP contribution is 2.36. The van der Waals surface area contributed by atoms with E-state index in [0.29, 0.717) is 22.0 Å². The minimum atomic E-state index is -2.56. The number of fused-ring (bicyclic) bond motifs is 2. The predicted octanol–water partition coefficient (Wildman–Crippen LogP) is 0.537. The third kappa shape index (κ3) is 7.15. The number of hydrogen-bond acceptors (Lipinski definition) is 14. The van der Waals surface area contributed by atoms with Crippen LogP contribution in [0.1, 0.15) is 16.7 Å². The molecule has 0 saturated carbocycles. The Morgan fingerprint density at radius 3 is 2.47 bits per heavy atom. The normalized spacial score (nSPS) is 25.1. The molecule has 55 heavy (non-hydrogen) atoms. The average Bonchev–Trinajstić information content (AvgIpc) is 3.75. The van der Waals surface area contributed by atoms with Gasteiger partial charge in [0.25, 0.3) is 0 Å². The number of carbonyl (C=O) groups is 2. The molecule has 1 aromatic heterocycles. The Morgan fingerprint density at radius 1 is 1.05 bits per heavy atom. The van der Waals surface area contributed by atoms with Crippen LogP contribution in [0.5, 0.6) is 11.5 Å². The number of carboxylic acid groups (broad SMARTS) is 1. The molecule has 7 rings (SSSR count). The van der Waals surface area contributed by atoms with E-state index in [2.05, 4.69) is 4.99 Å². The van der Waals surface area contributed by atoms with Crippen LogP contribution in [0.2, 0.25) is 0 Å². The molecule has 0 spiro atoms. The minimum Gasteiger partial charge on any atom is -0.508 e. The van der Waals surface area contributed by atoms with Gasteiger partial charge in [-0.05, 0) is 61.9 Å². The van der Waals surface area contributed by atoms with Gasteiger partial charge >= 0.3 is 11.9 Å². The number of nitrogens with one attached hydrogen (secondary N) is 1. The molecule has 0 radical (unpaired) electrons. The van der Waals surface area contributed by atoms with E-state index in [4.69, 9.17) is 28.6 Å². The zero-order chi connectivity index (χ0) is 39.2. The molecule has 7 N–H and O–H groups in total. The molecule has 286 valence electrons. The van der Waals surface area contributed by atoms with Gasteiger partial charge in [0.2, 0.25) is 18.5 Å². The number of phenolic OH excluding ortho intramolecular Hbond substituents is 1. The van der Waals surface area contributed by atoms with Crippen LogP contribution in [-0.4, -0.2) is 105 Å². The first-order valence-corrected chi connectivity index (χ1v) is 17.1. The van der Waals surface area contributed by atoms with Gasteiger partial charge in [-0.2, -0.15) is 9.90 Å². The van der Waals surface area contributed by atoms with E-state index in [9.17, 15) is 39.9 Å². The Morgan fingerprint density at radius 2 is 1.78 bits per heavy atom. The van der Waals surface area contributed by atoms with Crippen LogP contribution in [-0.2, 0) is 23.9 Å². The number of aryl methyl sites for hydroxylation is 2. The largest absolute Gasteiger partial charge is 0.508 e. The van der Waals surface area contributed by atoms with Gasteiger partial charge in [-0.15, -0.1) is 0 Å². The number of benzene rings is 3. The molecular formula is C39H37N2O14+. The molecule has 1 saturated heterocycles. The fraction of sp³-hybridized carbons (Fsp3) is 0.282. The number of aliphatic hydroxyl groups is 4. The highest BCUT2D eigenvalue weighted by molar-refractivity contribution is 5.96. The fourth-order valence-corrected chi connectivity index (χ4v) is 6.90. The Bertz CT molecular complexity index is 2300. The number of hydrogen-bond donors (Lipinski definition) is 7. The van der Waals surface area contributed by atoms with Gasteiger partial charge in [-0.1, -0.05) is 29.3 Å². The lowest BCUT2D eigenvalue weighted by Gasteiger charge is -2.47. The SMILES string of the molecule is Cc1cc(C)cc(C2=C3N=CC=C3C[NH+]2OC2C(Oc3ccc4c(=O)c(-c5ccc(O)cc5)coc4c3)OC(COC(=O)C(O)C(=O)O)C(O)C2(O)CO)c1. The molecule has 7 unspecified atom stereocenters. The van der Waals surface area contributed by atoms with Crippen molar-refractivity contribution < 1.29 is 68.8 Å². The number of aromatic hydroxyl groups is 1. The maximum absolute atomic E-state index is 13.4. The number of aliphatic imine (C=N–C) groups is 1. The monoisotopic (exact) mass is 757 g/mol. The van der Waals surface area contributed by atoms with Gasteiger partial charge in [0, 0.05) is 23.4 Å². The lowest BCUT2D eigenvalue weighted by molar-refractivity contribution is -1.04. The molecule has 1 fully saturated rings. The van der Waals surface area contributed by atoms with Gasteiger partial charge in [-0.3, -0.25) is 4.79 Å². The van der Waals surface area contributed by atoms with Crippen LogP contribution >= 0.6 is 0 Å². The average molecular weight is 758 g/mol. The first-order valence-electron chi connectivity index (χ1n) is 17.1. The van der Waals surface area contributed by atoms with Crippen LogP contribution < -0.4 is 15.2 Å². The van der Waals surface area contributed by atoms with Gasteiger partial charge in [-0.25, -0.2) is 14.6 Å². The topological polar surface area (TPSA) is 239 Å². The van der Waals surface area contributed by atoms with Crippen molar-refractivity contribution >= 4 is 34.8 Å². The maximum atomic E-state index is 13.4. The standard InChI is InChI=1S/C39H36N2O14/c1-19-11-20(2)13-23(12-19)31-30-22(9-10-40-30)15-41(31)55-35-38(54-29(34(46)39(35,50)18-42)17-52-37(49)33(45)36(47)48)53-25-7-8-26-28(14-25)51-16-27(32(26)44)21-3-5-24(43)6-4-21/h3-14,16,29,33-35,38,42-43,45-46,50H,15,17-18H2,1-2H3,(H,47,48)/p+1. The molecule has 4 aromatic rings. The Balaban J connectivity index is 1.25. The summed E-state index contributed by atoms with van der Waals surface area (Å²) in [6, 6.07) is 16.2. The first-order chi connectivity index (χ1) is 26.3. The van der Waals surface area contributed by atoms with E-state index in [1.54, 1.807) is 18.3 Å². The third-order valence-electron chi connectivity index (χ3n) is 9.62. The summed E-state index contributed by atoms with van der Waals surface area (Å²) in [5, 5.41) is 63.0. The quantitative estimate of drug-likeness (QED) is 0.0817. The van der Waals surface area contributed by atoms with E-state index < -0.39 is 61.5 Å². The van der Waals surface area contributed by atoms with Crippen molar-refractivity contribution in [1.82, 2.24) is 0 Å². The second kappa shape index (κ2) is 14.8. The van der Waals surface area contributed by atoms with Gasteiger partial charge < -0.3 is 49.3 Å². The van der Waals surface area contributed by atoms with E-state index >= 15 is 0 Å². The summed E-state index contributed by atoms with van der Waals surface area (Å²) in [6.45, 7) is 2.11. The molecule has 16 nitrogen and oxygen atoms in total. The maximum Gasteiger partial charge on any atom is 0.346 e. The molecular weight excluding hydrogens is 720 g/mol. The zero-order valence-corrected chi connectivity index (χ0v) is 29.4. The lowest BCUT2D eigenvalue weighted by atomic mass is 9.84. The van der Waals surface area contributed by atoms with Gasteiger partial charge in [0.15, 0.2) is 16.7 Å². The second-order valence-corrected chi connectivity index (χ2v) is 13.5. The molecule has 3 aliphatic rings. The van der Waals surface area contributed by atoms with Crippen LogP contribution in [0.25, 0.3) is 27.8 Å². The number of nitrogens with zero attached hydrogens (tertiary/aromatic N) is 1. The molecule has 0 bridgehead atoms. The molecule has 0 amide bonds. The number of quaternary nitrogens is 1. The van der Waals surface area contributed by atoms with Crippen molar-refractivity contribution in [1.29, 1.82) is 0 Å². The first kappa shape index (κ1) is 37.6. The van der Waals surface area contributed by atoms with Crippen LogP contribution in [0.3, 0.4) is 0 Å². The highest BCUT2D eigenvalue weighted by atomic mass is 16.8. The predicted molar refractivity (Wildman–Crippen MR) is 192 cm³/mol. The number of esters is 1. The summed E-state index contributed by atoms with van der Waals surface area (Å²) in [4.78, 5) is 47.8. The summed E-state index contributed by atoms with van der Waals surface area (Å²) in [5.74, 6) is -3.37. The van der Waals surface area contributed by atoms with E-state index in [0.717, 1.165) is 22.3 Å². The number of carbonyl (C=O) groups excluding carboxylic acids is 1. The summed E-state index contributed by atoms with van der Waals surface area (Å²) in [7, 11) is 0. The number of hydroxylamine groups is 2. The van der Waals surface area contributed by atoms with Crippen molar-refractivity contribution in [3.63, 3.8) is 0 Å². The summed E-state index contributed by atoms with van der Waals surface area (Å²) < 4.78 is 23.0. The molecule has 7 atom stereocenters. The number of aliphatic carboxylic acids is 1. The summed E-state index contributed by atoms with van der Waals surface area (Å²) in [6.07, 6.45) is -4.81. The molecule has 16 heteroatoms. The number of ether oxygens (including phenoxy) is 3. The van der Waals surface area contributed by atoms with Crippen LogP contribution in [0.4, 0.5) is 0 Å². The van der Waals surface area contributed by atoms with E-state index in [-0.39, 0.29) is 40.0 Å². The highest BCUT2D eigenvalue weighted by Gasteiger charge is 2.60. The molecule has 3 aromatic carbocycles. The molecule has 4 heterocycles. The number of carboxylic acids is 1. The number of rotatable bonds is 11. The van der Waals surface area contributed by atoms with Gasteiger partial charge in [0.1, 0.15) is 54.4 Å². The molecule has 0 aliphatic carbocycles. The summed E-state index contributed by atoms with van der Waals surface area (Å²) in [5.41, 5.74) is 2.70. The van der Waals surface area contributed by atoms with Crippen molar-refractivity contribution in [3.8, 4) is 22.6 Å². The van der Waals surface area contributed by atoms with E-state index in [1.807, 2.05) is 38.1 Å².